The molecule has 2 heterocycles. The Bertz CT molecular complexity index is 478. The normalized spacial score (nSPS) is 15.0. The first-order valence-corrected chi connectivity index (χ1v) is 5.65. The van der Waals surface area contributed by atoms with Gasteiger partial charge < -0.3 is 0 Å². The zero-order chi connectivity index (χ0) is 9.97. The Balaban J connectivity index is 2.55. The minimum atomic E-state index is 0.737. The van der Waals surface area contributed by atoms with E-state index in [1.54, 1.807) is 21.5 Å². The summed E-state index contributed by atoms with van der Waals surface area (Å²) in [5.74, 6) is 3.46. The number of hydrogen-bond donors (Lipinski definition) is 0. The third-order valence-corrected chi connectivity index (χ3v) is 2.98. The quantitative estimate of drug-likeness (QED) is 0.468. The van der Waals surface area contributed by atoms with Crippen LogP contribution < -0.4 is 0 Å². The summed E-state index contributed by atoms with van der Waals surface area (Å²) in [7, 11) is 0. The molecule has 0 fully saturated rings. The number of aliphatic imine (C=N–C) groups is 2. The Labute approximate surface area is 108 Å². The van der Waals surface area contributed by atoms with Gasteiger partial charge in [-0.05, 0) is 22.6 Å². The van der Waals surface area contributed by atoms with E-state index < -0.39 is 0 Å². The van der Waals surface area contributed by atoms with E-state index >= 15 is 0 Å². The van der Waals surface area contributed by atoms with Crippen molar-refractivity contribution in [1.29, 1.82) is 0 Å². The average molecular weight is 412 g/mol. The molecule has 0 aliphatic carbocycles. The van der Waals surface area contributed by atoms with Crippen LogP contribution in [-0.4, -0.2) is 30.5 Å². The Morgan fingerprint density at radius 3 is 3.07 bits per heavy atom. The van der Waals surface area contributed by atoms with Gasteiger partial charge in [-0.2, -0.15) is 12.3 Å². The molecule has 0 spiro atoms. The van der Waals surface area contributed by atoms with Gasteiger partial charge in [0.1, 0.15) is 6.20 Å². The van der Waals surface area contributed by atoms with Gasteiger partial charge in [-0.25, -0.2) is 4.98 Å². The molecule has 0 unspecified atom stereocenters. The molecule has 0 N–H and O–H groups in total. The minimum absolute atomic E-state index is 0.737. The van der Waals surface area contributed by atoms with E-state index in [1.807, 2.05) is 4.57 Å². The van der Waals surface area contributed by atoms with Crippen molar-refractivity contribution in [3.05, 3.63) is 22.4 Å². The summed E-state index contributed by atoms with van der Waals surface area (Å²) < 4.78 is 4.66. The molecule has 1 aromatic heterocycles. The van der Waals surface area contributed by atoms with Gasteiger partial charge in [0.2, 0.25) is 6.34 Å². The second kappa shape index (κ2) is 4.32. The first-order valence-electron chi connectivity index (χ1n) is 3.60. The first-order chi connectivity index (χ1) is 6.79. The van der Waals surface area contributed by atoms with Crippen molar-refractivity contribution in [1.82, 2.24) is 9.55 Å². The predicted octanol–water partition coefficient (Wildman–Crippen LogP) is 1.28. The molecule has 0 radical (unpaired) electrons. The Morgan fingerprint density at radius 1 is 1.50 bits per heavy atom. The molecule has 1 aliphatic heterocycles. The summed E-state index contributed by atoms with van der Waals surface area (Å²) in [5.41, 5.74) is 0. The highest BCUT2D eigenvalue weighted by atomic mass is 127. The molecule has 0 saturated carbocycles. The van der Waals surface area contributed by atoms with Crippen molar-refractivity contribution < 1.29 is 2.79 Å². The minimum Gasteiger partial charge on any atom is -0.227 e. The van der Waals surface area contributed by atoms with E-state index in [4.69, 9.17) is 0 Å². The van der Waals surface area contributed by atoms with Crippen molar-refractivity contribution >= 4 is 63.6 Å². The summed E-state index contributed by atoms with van der Waals surface area (Å²) in [6, 6.07) is 0. The van der Waals surface area contributed by atoms with E-state index in [0.717, 1.165) is 9.66 Å². The second-order valence-corrected chi connectivity index (χ2v) is 4.47. The van der Waals surface area contributed by atoms with Gasteiger partial charge in [-0.1, -0.05) is 4.99 Å². The number of nitrogens with zero attached hydrogens (tertiary/aromatic N) is 5. The average Bonchev–Trinajstić information content (AvgIpc) is 2.46. The Kier molecular flexibility index (Phi) is 3.08. The molecule has 0 bridgehead atoms. The van der Waals surface area contributed by atoms with Crippen molar-refractivity contribution in [3.8, 4) is 0 Å². The highest BCUT2D eigenvalue weighted by Crippen LogP contribution is 2.06. The van der Waals surface area contributed by atoms with E-state index in [1.165, 1.54) is 6.34 Å². The second-order valence-electron chi connectivity index (χ2n) is 2.33. The van der Waals surface area contributed by atoms with Crippen LogP contribution in [-0.2, 0) is 0 Å². The molecule has 0 saturated heterocycles. The van der Waals surface area contributed by atoms with E-state index in [0.29, 0.717) is 0 Å². The van der Waals surface area contributed by atoms with Gasteiger partial charge in [0.05, 0.1) is 6.20 Å². The fourth-order valence-electron chi connectivity index (χ4n) is 0.902. The van der Waals surface area contributed by atoms with Gasteiger partial charge in [-0.15, -0.1) is 0 Å². The van der Waals surface area contributed by atoms with Crippen molar-refractivity contribution in [2.45, 2.75) is 0 Å². The summed E-state index contributed by atoms with van der Waals surface area (Å²) in [4.78, 5) is 12.0. The number of hydrogen-bond acceptors (Lipinski definition) is 3. The highest BCUT2D eigenvalue weighted by molar-refractivity contribution is 14.1. The lowest BCUT2D eigenvalue weighted by molar-refractivity contribution is -0.202. The molecular weight excluding hydrogens is 408 g/mol. The summed E-state index contributed by atoms with van der Waals surface area (Å²) >= 11 is 4.31. The van der Waals surface area contributed by atoms with Crippen LogP contribution >= 0.6 is 45.5 Å². The molecule has 14 heavy (non-hydrogen) atoms. The van der Waals surface area contributed by atoms with E-state index in [-0.39, 0.29) is 0 Å². The molecule has 0 aromatic carbocycles. The smallest absolute Gasteiger partial charge is 0.227 e. The van der Waals surface area contributed by atoms with Gasteiger partial charge in [0, 0.05) is 5.87 Å². The van der Waals surface area contributed by atoms with Crippen LogP contribution in [0.15, 0.2) is 28.7 Å². The highest BCUT2D eigenvalue weighted by Gasteiger charge is 2.17. The lowest BCUT2D eigenvalue weighted by atomic mass is 10.8. The number of aromatic nitrogens is 2. The summed E-state index contributed by atoms with van der Waals surface area (Å²) in [6.45, 7) is 0. The van der Waals surface area contributed by atoms with Crippen LogP contribution in [0.2, 0.25) is 0 Å². The van der Waals surface area contributed by atoms with E-state index in [2.05, 4.69) is 66.3 Å². The lowest BCUT2D eigenvalue weighted by Gasteiger charge is -1.94. The number of imidazole rings is 1. The molecule has 5 nitrogen and oxygen atoms in total. The molecule has 7 heteroatoms. The molecule has 0 amide bonds. The van der Waals surface area contributed by atoms with Crippen LogP contribution in [0.5, 0.6) is 0 Å². The SMILES string of the molecule is Ic1cncn1C1=[N+](I)C=C=NC=N1. The van der Waals surface area contributed by atoms with Crippen LogP contribution in [0, 0.1) is 3.70 Å². The van der Waals surface area contributed by atoms with Crippen LogP contribution in [0.1, 0.15) is 0 Å². The predicted molar refractivity (Wildman–Crippen MR) is 70.1 cm³/mol. The molecule has 1 aromatic rings. The van der Waals surface area contributed by atoms with Crippen LogP contribution in [0.25, 0.3) is 0 Å². The topological polar surface area (TPSA) is 45.5 Å². The molecule has 0 atom stereocenters. The Hall–Kier alpha value is -0.540. The largest absolute Gasteiger partial charge is 0.416 e. The lowest BCUT2D eigenvalue weighted by Crippen LogP contribution is -2.16. The maximum absolute atomic E-state index is 4.18. The van der Waals surface area contributed by atoms with E-state index in [9.17, 15) is 0 Å². The zero-order valence-electron chi connectivity index (χ0n) is 6.80. The fraction of sp³-hybridized carbons (Fsp3) is 0. The van der Waals surface area contributed by atoms with Crippen LogP contribution in [0.3, 0.4) is 0 Å². The first kappa shape index (κ1) is 9.99. The third kappa shape index (κ3) is 1.93. The molecule has 1 aliphatic rings. The van der Waals surface area contributed by atoms with Gasteiger partial charge in [0.15, 0.2) is 32.9 Å². The molecule has 70 valence electrons. The monoisotopic (exact) mass is 412 g/mol. The third-order valence-electron chi connectivity index (χ3n) is 1.48. The van der Waals surface area contributed by atoms with Crippen molar-refractivity contribution in [3.63, 3.8) is 0 Å². The van der Waals surface area contributed by atoms with Gasteiger partial charge in [0.25, 0.3) is 0 Å². The summed E-state index contributed by atoms with van der Waals surface area (Å²) in [5, 5.41) is 0. The van der Waals surface area contributed by atoms with Crippen molar-refractivity contribution in [2.75, 3.05) is 0 Å². The van der Waals surface area contributed by atoms with Crippen molar-refractivity contribution in [2.24, 2.45) is 9.98 Å². The number of halogens is 2. The molecular formula is C7H4I2N5+. The number of rotatable bonds is 0. The summed E-state index contributed by atoms with van der Waals surface area (Å²) in [6.07, 6.45) is 6.64. The zero-order valence-corrected chi connectivity index (χ0v) is 11.1. The van der Waals surface area contributed by atoms with Gasteiger partial charge in [-0.3, -0.25) is 0 Å². The van der Waals surface area contributed by atoms with Crippen LogP contribution in [0.4, 0.5) is 0 Å². The maximum Gasteiger partial charge on any atom is 0.416 e. The Morgan fingerprint density at radius 2 is 2.36 bits per heavy atom. The molecule has 2 rings (SSSR count). The maximum atomic E-state index is 4.18. The van der Waals surface area contributed by atoms with Gasteiger partial charge >= 0.3 is 5.96 Å². The standard InChI is InChI=1S/C7H4I2N5/c8-6-3-11-5-13(6)7-12-4-10-1-2-14(7)9/h2-5H/q+1. The fourth-order valence-corrected chi connectivity index (χ4v) is 1.88.